The standard InChI is InChI=1S/C14H17N3O2S/c15-14-16-12(9-20-14)13(18)17(10-4-1-2-5-10)8-11-6-3-7-19-11/h3,6-7,9-10H,1-2,4-5,8H2,(H2,15,16). The van der Waals surface area contributed by atoms with E-state index >= 15 is 0 Å². The van der Waals surface area contributed by atoms with Crippen LogP contribution < -0.4 is 5.73 Å². The lowest BCUT2D eigenvalue weighted by atomic mass is 10.2. The van der Waals surface area contributed by atoms with Crippen LogP contribution in [0.3, 0.4) is 0 Å². The summed E-state index contributed by atoms with van der Waals surface area (Å²) in [5.41, 5.74) is 6.06. The third-order valence-corrected chi connectivity index (χ3v) is 4.35. The average molecular weight is 291 g/mol. The summed E-state index contributed by atoms with van der Waals surface area (Å²) in [4.78, 5) is 18.6. The van der Waals surface area contributed by atoms with Crippen LogP contribution in [0, 0.1) is 0 Å². The van der Waals surface area contributed by atoms with E-state index in [1.54, 1.807) is 11.6 Å². The zero-order valence-corrected chi connectivity index (χ0v) is 11.9. The molecule has 20 heavy (non-hydrogen) atoms. The molecule has 6 heteroatoms. The van der Waals surface area contributed by atoms with Crippen LogP contribution in [0.5, 0.6) is 0 Å². The summed E-state index contributed by atoms with van der Waals surface area (Å²) < 4.78 is 5.38. The number of nitrogens with zero attached hydrogens (tertiary/aromatic N) is 2. The van der Waals surface area contributed by atoms with E-state index in [1.165, 1.54) is 24.2 Å². The first-order valence-corrected chi connectivity index (χ1v) is 7.66. The van der Waals surface area contributed by atoms with Crippen LogP contribution in [0.1, 0.15) is 41.9 Å². The highest BCUT2D eigenvalue weighted by molar-refractivity contribution is 7.13. The Bertz CT molecular complexity index is 573. The Morgan fingerprint density at radius 3 is 2.90 bits per heavy atom. The highest BCUT2D eigenvalue weighted by atomic mass is 32.1. The van der Waals surface area contributed by atoms with Crippen LogP contribution >= 0.6 is 11.3 Å². The van der Waals surface area contributed by atoms with Gasteiger partial charge in [0.1, 0.15) is 11.5 Å². The van der Waals surface area contributed by atoms with Crippen molar-refractivity contribution >= 4 is 22.4 Å². The van der Waals surface area contributed by atoms with Crippen molar-refractivity contribution in [3.05, 3.63) is 35.2 Å². The summed E-state index contributed by atoms with van der Waals surface area (Å²) >= 11 is 1.30. The maximum absolute atomic E-state index is 12.6. The number of hydrogen-bond donors (Lipinski definition) is 1. The fourth-order valence-corrected chi connectivity index (χ4v) is 3.22. The minimum atomic E-state index is -0.0544. The number of amides is 1. The maximum atomic E-state index is 12.6. The molecule has 5 nitrogen and oxygen atoms in total. The van der Waals surface area contributed by atoms with Crippen molar-refractivity contribution in [2.75, 3.05) is 5.73 Å². The predicted molar refractivity (Wildman–Crippen MR) is 77.4 cm³/mol. The van der Waals surface area contributed by atoms with E-state index < -0.39 is 0 Å². The predicted octanol–water partition coefficient (Wildman–Crippen LogP) is 2.90. The van der Waals surface area contributed by atoms with E-state index in [2.05, 4.69) is 4.98 Å². The third-order valence-electron chi connectivity index (χ3n) is 3.67. The molecule has 1 aliphatic carbocycles. The molecule has 1 amide bonds. The fourth-order valence-electron chi connectivity index (χ4n) is 2.69. The van der Waals surface area contributed by atoms with Gasteiger partial charge >= 0.3 is 0 Å². The minimum absolute atomic E-state index is 0.0544. The summed E-state index contributed by atoms with van der Waals surface area (Å²) in [5, 5.41) is 2.15. The quantitative estimate of drug-likeness (QED) is 0.940. The van der Waals surface area contributed by atoms with Crippen molar-refractivity contribution in [2.45, 2.75) is 38.3 Å². The van der Waals surface area contributed by atoms with Crippen LogP contribution in [-0.2, 0) is 6.54 Å². The number of furan rings is 1. The molecule has 0 aromatic carbocycles. The number of carbonyl (C=O) groups excluding carboxylic acids is 1. The van der Waals surface area contributed by atoms with Gasteiger partial charge < -0.3 is 15.1 Å². The summed E-state index contributed by atoms with van der Waals surface area (Å²) in [5.74, 6) is 0.745. The zero-order valence-electron chi connectivity index (χ0n) is 11.1. The minimum Gasteiger partial charge on any atom is -0.467 e. The number of rotatable bonds is 4. The lowest BCUT2D eigenvalue weighted by Crippen LogP contribution is -2.38. The highest BCUT2D eigenvalue weighted by Crippen LogP contribution is 2.27. The molecule has 0 bridgehead atoms. The van der Waals surface area contributed by atoms with Crippen LogP contribution in [0.15, 0.2) is 28.2 Å². The molecule has 0 saturated heterocycles. The first-order valence-electron chi connectivity index (χ1n) is 6.78. The molecule has 2 heterocycles. The lowest BCUT2D eigenvalue weighted by molar-refractivity contribution is 0.0644. The van der Waals surface area contributed by atoms with Crippen molar-refractivity contribution in [1.29, 1.82) is 0 Å². The summed E-state index contributed by atoms with van der Waals surface area (Å²) in [6, 6.07) is 4.01. The first kappa shape index (κ1) is 13.2. The van der Waals surface area contributed by atoms with Gasteiger partial charge in [-0.3, -0.25) is 4.79 Å². The Balaban J connectivity index is 1.82. The SMILES string of the molecule is Nc1nc(C(=O)N(Cc2ccco2)C2CCCC2)cs1. The largest absolute Gasteiger partial charge is 0.467 e. The molecule has 0 spiro atoms. The molecule has 3 rings (SSSR count). The van der Waals surface area contributed by atoms with Crippen LogP contribution in [-0.4, -0.2) is 21.8 Å². The van der Waals surface area contributed by atoms with E-state index in [1.807, 2.05) is 17.0 Å². The van der Waals surface area contributed by atoms with Gasteiger partial charge in [-0.25, -0.2) is 4.98 Å². The smallest absolute Gasteiger partial charge is 0.274 e. The Morgan fingerprint density at radius 2 is 2.30 bits per heavy atom. The summed E-state index contributed by atoms with van der Waals surface area (Å²) in [7, 11) is 0. The molecule has 2 aromatic rings. The molecule has 0 unspecified atom stereocenters. The Hall–Kier alpha value is -1.82. The molecule has 106 valence electrons. The van der Waals surface area contributed by atoms with Gasteiger partial charge in [0.2, 0.25) is 0 Å². The number of hydrogen-bond acceptors (Lipinski definition) is 5. The third kappa shape index (κ3) is 2.70. The van der Waals surface area contributed by atoms with E-state index in [0.29, 0.717) is 17.4 Å². The number of aromatic nitrogens is 1. The monoisotopic (exact) mass is 291 g/mol. The molecule has 2 aromatic heterocycles. The number of thiazole rings is 1. The highest BCUT2D eigenvalue weighted by Gasteiger charge is 2.29. The topological polar surface area (TPSA) is 72.4 Å². The average Bonchev–Trinajstić information content (AvgIpc) is 3.17. The van der Waals surface area contributed by atoms with E-state index in [4.69, 9.17) is 10.2 Å². The molecular formula is C14H17N3O2S. The maximum Gasteiger partial charge on any atom is 0.274 e. The van der Waals surface area contributed by atoms with Gasteiger partial charge in [0.25, 0.3) is 5.91 Å². The Morgan fingerprint density at radius 1 is 1.50 bits per heavy atom. The fraction of sp³-hybridized carbons (Fsp3) is 0.429. The lowest BCUT2D eigenvalue weighted by Gasteiger charge is -2.27. The van der Waals surface area contributed by atoms with E-state index in [0.717, 1.165) is 18.6 Å². The van der Waals surface area contributed by atoms with Crippen LogP contribution in [0.4, 0.5) is 5.13 Å². The summed E-state index contributed by atoms with van der Waals surface area (Å²) in [6.07, 6.45) is 6.07. The van der Waals surface area contributed by atoms with Crippen molar-refractivity contribution in [3.63, 3.8) is 0 Å². The second-order valence-corrected chi connectivity index (χ2v) is 5.91. The van der Waals surface area contributed by atoms with Gasteiger partial charge in [-0.15, -0.1) is 11.3 Å². The summed E-state index contributed by atoms with van der Waals surface area (Å²) in [6.45, 7) is 0.494. The number of carbonyl (C=O) groups is 1. The Labute approximate surface area is 121 Å². The second-order valence-electron chi connectivity index (χ2n) is 5.02. The van der Waals surface area contributed by atoms with E-state index in [9.17, 15) is 4.79 Å². The van der Waals surface area contributed by atoms with Crippen LogP contribution in [0.2, 0.25) is 0 Å². The van der Waals surface area contributed by atoms with Gasteiger partial charge in [0.05, 0.1) is 12.8 Å². The molecule has 0 aliphatic heterocycles. The van der Waals surface area contributed by atoms with E-state index in [-0.39, 0.29) is 11.9 Å². The molecule has 1 aliphatic rings. The van der Waals surface area contributed by atoms with Gasteiger partial charge in [0, 0.05) is 11.4 Å². The number of nitrogens with two attached hydrogens (primary N) is 1. The first-order chi connectivity index (χ1) is 9.74. The molecular weight excluding hydrogens is 274 g/mol. The Kier molecular flexibility index (Phi) is 3.73. The van der Waals surface area contributed by atoms with Gasteiger partial charge in [0.15, 0.2) is 5.13 Å². The normalized spacial score (nSPS) is 15.6. The van der Waals surface area contributed by atoms with Crippen molar-refractivity contribution in [3.8, 4) is 0 Å². The molecule has 1 saturated carbocycles. The molecule has 1 fully saturated rings. The van der Waals surface area contributed by atoms with Crippen LogP contribution in [0.25, 0.3) is 0 Å². The molecule has 0 atom stereocenters. The van der Waals surface area contributed by atoms with Crippen molar-refractivity contribution < 1.29 is 9.21 Å². The van der Waals surface area contributed by atoms with Gasteiger partial charge in [-0.2, -0.15) is 0 Å². The van der Waals surface area contributed by atoms with Crippen molar-refractivity contribution in [2.24, 2.45) is 0 Å². The number of anilines is 1. The van der Waals surface area contributed by atoms with Gasteiger partial charge in [-0.05, 0) is 25.0 Å². The zero-order chi connectivity index (χ0) is 13.9. The second kappa shape index (κ2) is 5.66. The molecule has 0 radical (unpaired) electrons. The van der Waals surface area contributed by atoms with Crippen molar-refractivity contribution in [1.82, 2.24) is 9.88 Å². The van der Waals surface area contributed by atoms with Gasteiger partial charge in [-0.1, -0.05) is 12.8 Å². The molecule has 2 N–H and O–H groups in total. The number of nitrogen functional groups attached to an aromatic ring is 1.